The van der Waals surface area contributed by atoms with Crippen molar-refractivity contribution in [3.8, 4) is 11.5 Å². The maximum atomic E-state index is 12.3. The Balaban J connectivity index is 2.01. The zero-order valence-electron chi connectivity index (χ0n) is 12.8. The van der Waals surface area contributed by atoms with Gasteiger partial charge in [-0.3, -0.25) is 4.79 Å². The molecule has 22 heavy (non-hydrogen) atoms. The number of amides is 1. The number of hydrogen-bond acceptors (Lipinski definition) is 4. The number of methoxy groups -OCH3 is 2. The second kappa shape index (κ2) is 5.60. The van der Waals surface area contributed by atoms with Crippen LogP contribution in [0.15, 0.2) is 36.4 Å². The summed E-state index contributed by atoms with van der Waals surface area (Å²) in [4.78, 5) is 12.3. The number of benzene rings is 2. The Kier molecular flexibility index (Phi) is 3.63. The van der Waals surface area contributed by atoms with Crippen molar-refractivity contribution in [2.24, 2.45) is 0 Å². The summed E-state index contributed by atoms with van der Waals surface area (Å²) < 4.78 is 10.6. The highest BCUT2D eigenvalue weighted by atomic mass is 16.5. The number of fused-ring (bicyclic) bond motifs is 1. The van der Waals surface area contributed by atoms with Crippen LogP contribution in [0, 0.1) is 6.92 Å². The van der Waals surface area contributed by atoms with E-state index in [2.05, 4.69) is 10.6 Å². The number of carbonyl (C=O) groups is 1. The quantitative estimate of drug-likeness (QED) is 0.915. The average molecular weight is 298 g/mol. The van der Waals surface area contributed by atoms with Crippen LogP contribution in [-0.2, 0) is 0 Å². The molecule has 114 valence electrons. The summed E-state index contributed by atoms with van der Waals surface area (Å²) in [5.74, 6) is 1.27. The molecule has 1 heterocycles. The fourth-order valence-corrected chi connectivity index (χ4v) is 2.65. The van der Waals surface area contributed by atoms with Gasteiger partial charge in [0.05, 0.1) is 25.5 Å². The summed E-state index contributed by atoms with van der Waals surface area (Å²) in [7, 11) is 3.21. The number of anilines is 1. The van der Waals surface area contributed by atoms with E-state index in [4.69, 9.17) is 9.47 Å². The minimum Gasteiger partial charge on any atom is -0.497 e. The number of rotatable bonds is 3. The molecule has 0 radical (unpaired) electrons. The lowest BCUT2D eigenvalue weighted by atomic mass is 10.0. The van der Waals surface area contributed by atoms with E-state index in [1.165, 1.54) is 0 Å². The minimum atomic E-state index is -0.345. The van der Waals surface area contributed by atoms with Gasteiger partial charge in [-0.15, -0.1) is 0 Å². The van der Waals surface area contributed by atoms with E-state index in [1.54, 1.807) is 20.3 Å². The SMILES string of the molecule is COc1ccc([C@H]2NC(=O)c3cccc(C)c3N2)c(OC)c1. The Morgan fingerprint density at radius 2 is 1.86 bits per heavy atom. The fraction of sp³-hybridized carbons (Fsp3) is 0.235. The molecule has 0 fully saturated rings. The first-order valence-corrected chi connectivity index (χ1v) is 7.03. The molecule has 0 saturated carbocycles. The van der Waals surface area contributed by atoms with Gasteiger partial charge in [-0.1, -0.05) is 12.1 Å². The van der Waals surface area contributed by atoms with Crippen molar-refractivity contribution in [1.29, 1.82) is 0 Å². The lowest BCUT2D eigenvalue weighted by Crippen LogP contribution is -2.38. The van der Waals surface area contributed by atoms with Crippen LogP contribution >= 0.6 is 0 Å². The van der Waals surface area contributed by atoms with Gasteiger partial charge >= 0.3 is 0 Å². The van der Waals surface area contributed by atoms with Crippen LogP contribution in [0.25, 0.3) is 0 Å². The zero-order chi connectivity index (χ0) is 15.7. The molecular formula is C17H18N2O3. The Hall–Kier alpha value is -2.69. The molecule has 0 spiro atoms. The van der Waals surface area contributed by atoms with Crippen molar-refractivity contribution >= 4 is 11.6 Å². The van der Waals surface area contributed by atoms with Crippen LogP contribution in [-0.4, -0.2) is 20.1 Å². The van der Waals surface area contributed by atoms with Gasteiger partial charge in [0.2, 0.25) is 0 Å². The van der Waals surface area contributed by atoms with Crippen LogP contribution < -0.4 is 20.1 Å². The van der Waals surface area contributed by atoms with E-state index in [0.717, 1.165) is 16.8 Å². The largest absolute Gasteiger partial charge is 0.497 e. The number of para-hydroxylation sites is 1. The molecular weight excluding hydrogens is 280 g/mol. The van der Waals surface area contributed by atoms with Crippen LogP contribution in [0.5, 0.6) is 11.5 Å². The molecule has 1 amide bonds. The molecule has 0 saturated heterocycles. The zero-order valence-corrected chi connectivity index (χ0v) is 12.8. The van der Waals surface area contributed by atoms with Crippen molar-refractivity contribution in [2.45, 2.75) is 13.1 Å². The number of aryl methyl sites for hydroxylation is 1. The summed E-state index contributed by atoms with van der Waals surface area (Å²) in [6, 6.07) is 11.2. The van der Waals surface area contributed by atoms with Gasteiger partial charge in [-0.05, 0) is 30.7 Å². The molecule has 0 bridgehead atoms. The van der Waals surface area contributed by atoms with Crippen LogP contribution in [0.2, 0.25) is 0 Å². The molecule has 1 aliphatic rings. The van der Waals surface area contributed by atoms with Crippen molar-refractivity contribution < 1.29 is 14.3 Å². The number of ether oxygens (including phenoxy) is 2. The summed E-state index contributed by atoms with van der Waals surface area (Å²) in [5, 5.41) is 6.33. The highest BCUT2D eigenvalue weighted by Crippen LogP contribution is 2.34. The molecule has 1 atom stereocenters. The van der Waals surface area contributed by atoms with Gasteiger partial charge in [0.1, 0.15) is 17.7 Å². The van der Waals surface area contributed by atoms with E-state index in [-0.39, 0.29) is 12.1 Å². The predicted octanol–water partition coefficient (Wildman–Crippen LogP) is 2.87. The number of nitrogens with one attached hydrogen (secondary N) is 2. The van der Waals surface area contributed by atoms with Crippen LogP contribution in [0.3, 0.4) is 0 Å². The Morgan fingerprint density at radius 3 is 2.59 bits per heavy atom. The number of hydrogen-bond donors (Lipinski definition) is 2. The smallest absolute Gasteiger partial charge is 0.255 e. The lowest BCUT2D eigenvalue weighted by molar-refractivity contribution is 0.0935. The monoisotopic (exact) mass is 298 g/mol. The van der Waals surface area contributed by atoms with Gasteiger partial charge in [0.15, 0.2) is 0 Å². The minimum absolute atomic E-state index is 0.0969. The second-order valence-corrected chi connectivity index (χ2v) is 5.16. The van der Waals surface area contributed by atoms with E-state index in [0.29, 0.717) is 17.1 Å². The first-order valence-electron chi connectivity index (χ1n) is 7.03. The maximum absolute atomic E-state index is 12.3. The van der Waals surface area contributed by atoms with Gasteiger partial charge < -0.3 is 20.1 Å². The first kappa shape index (κ1) is 14.3. The number of carbonyl (C=O) groups excluding carboxylic acids is 1. The summed E-state index contributed by atoms with van der Waals surface area (Å²) >= 11 is 0. The standard InChI is InChI=1S/C17H18N2O3/c1-10-5-4-6-13-15(10)18-16(19-17(13)20)12-8-7-11(21-2)9-14(12)22-3/h4-9,16,18H,1-3H3,(H,19,20)/t16-/m1/s1. The highest BCUT2D eigenvalue weighted by molar-refractivity contribution is 6.02. The van der Waals surface area contributed by atoms with Gasteiger partial charge in [-0.25, -0.2) is 0 Å². The Labute approximate surface area is 129 Å². The van der Waals surface area contributed by atoms with Crippen molar-refractivity contribution in [3.05, 3.63) is 53.1 Å². The maximum Gasteiger partial charge on any atom is 0.255 e. The third-order valence-electron chi connectivity index (χ3n) is 3.83. The molecule has 5 nitrogen and oxygen atoms in total. The van der Waals surface area contributed by atoms with Crippen molar-refractivity contribution in [2.75, 3.05) is 19.5 Å². The molecule has 0 aliphatic carbocycles. The van der Waals surface area contributed by atoms with Gasteiger partial charge in [0, 0.05) is 11.6 Å². The lowest BCUT2D eigenvalue weighted by Gasteiger charge is -2.30. The third kappa shape index (κ3) is 2.35. The van der Waals surface area contributed by atoms with Crippen LogP contribution in [0.4, 0.5) is 5.69 Å². The molecule has 2 aromatic rings. The van der Waals surface area contributed by atoms with Crippen molar-refractivity contribution in [3.63, 3.8) is 0 Å². The topological polar surface area (TPSA) is 59.6 Å². The first-order chi connectivity index (χ1) is 10.6. The highest BCUT2D eigenvalue weighted by Gasteiger charge is 2.27. The van der Waals surface area contributed by atoms with E-state index in [1.807, 2.05) is 37.3 Å². The molecule has 0 unspecified atom stereocenters. The summed E-state index contributed by atoms with van der Waals surface area (Å²) in [5.41, 5.74) is 3.40. The van der Waals surface area contributed by atoms with Crippen molar-refractivity contribution in [1.82, 2.24) is 5.32 Å². The second-order valence-electron chi connectivity index (χ2n) is 5.16. The summed E-state index contributed by atoms with van der Waals surface area (Å²) in [6.07, 6.45) is -0.345. The average Bonchev–Trinajstić information content (AvgIpc) is 2.55. The summed E-state index contributed by atoms with van der Waals surface area (Å²) in [6.45, 7) is 1.98. The van der Waals surface area contributed by atoms with E-state index < -0.39 is 0 Å². The normalized spacial score (nSPS) is 16.3. The Morgan fingerprint density at radius 1 is 1.05 bits per heavy atom. The molecule has 3 rings (SSSR count). The molecule has 0 aromatic heterocycles. The van der Waals surface area contributed by atoms with E-state index in [9.17, 15) is 4.79 Å². The molecule has 1 aliphatic heterocycles. The third-order valence-corrected chi connectivity index (χ3v) is 3.83. The predicted molar refractivity (Wildman–Crippen MR) is 84.6 cm³/mol. The van der Waals surface area contributed by atoms with Gasteiger partial charge in [-0.2, -0.15) is 0 Å². The fourth-order valence-electron chi connectivity index (χ4n) is 2.65. The van der Waals surface area contributed by atoms with Gasteiger partial charge in [0.25, 0.3) is 5.91 Å². The Bertz CT molecular complexity index is 728. The van der Waals surface area contributed by atoms with Crippen LogP contribution in [0.1, 0.15) is 27.7 Å². The van der Waals surface area contributed by atoms with E-state index >= 15 is 0 Å². The molecule has 5 heteroatoms. The molecule has 2 N–H and O–H groups in total. The molecule has 2 aromatic carbocycles.